The van der Waals surface area contributed by atoms with Gasteiger partial charge in [0, 0.05) is 32.2 Å². The zero-order chi connectivity index (χ0) is 16.9. The van der Waals surface area contributed by atoms with Gasteiger partial charge in [0.1, 0.15) is 5.75 Å². The maximum Gasteiger partial charge on any atom is 0.461 e. The Bertz CT molecular complexity index is 539. The SMILES string of the molecule is N#CC[C@@H](c1ccc(OC(F)(F)C(F)F)cc1)N1CCNCC1. The lowest BCUT2D eigenvalue weighted by molar-refractivity contribution is -0.253. The van der Waals surface area contributed by atoms with E-state index >= 15 is 0 Å². The normalized spacial score (nSPS) is 17.7. The minimum Gasteiger partial charge on any atom is -0.428 e. The van der Waals surface area contributed by atoms with Crippen LogP contribution in [-0.4, -0.2) is 43.6 Å². The molecule has 1 aromatic carbocycles. The molecule has 0 spiro atoms. The van der Waals surface area contributed by atoms with Crippen molar-refractivity contribution >= 4 is 0 Å². The Balaban J connectivity index is 2.11. The summed E-state index contributed by atoms with van der Waals surface area (Å²) in [6.45, 7) is 3.16. The van der Waals surface area contributed by atoms with Gasteiger partial charge in [-0.3, -0.25) is 4.90 Å². The molecular weight excluding hydrogens is 314 g/mol. The predicted octanol–water partition coefficient (Wildman–Crippen LogP) is 2.78. The van der Waals surface area contributed by atoms with Gasteiger partial charge in [0.05, 0.1) is 12.5 Å². The van der Waals surface area contributed by atoms with Gasteiger partial charge in [0.2, 0.25) is 0 Å². The summed E-state index contributed by atoms with van der Waals surface area (Å²) in [6, 6.07) is 7.46. The van der Waals surface area contributed by atoms with Gasteiger partial charge in [-0.25, -0.2) is 0 Å². The molecule has 4 nitrogen and oxygen atoms in total. The second kappa shape index (κ2) is 7.62. The predicted molar refractivity (Wildman–Crippen MR) is 75.4 cm³/mol. The highest BCUT2D eigenvalue weighted by Gasteiger charge is 2.43. The molecule has 0 bridgehead atoms. The van der Waals surface area contributed by atoms with E-state index in [1.165, 1.54) is 24.3 Å². The molecular formula is C15H17F4N3O. The van der Waals surface area contributed by atoms with Crippen molar-refractivity contribution in [3.8, 4) is 11.8 Å². The van der Waals surface area contributed by atoms with Crippen LogP contribution in [0.4, 0.5) is 17.6 Å². The Morgan fingerprint density at radius 2 is 1.83 bits per heavy atom. The molecule has 1 fully saturated rings. The lowest BCUT2D eigenvalue weighted by Gasteiger charge is -2.34. The maximum absolute atomic E-state index is 12.9. The molecule has 0 radical (unpaired) electrons. The first-order valence-corrected chi connectivity index (χ1v) is 7.20. The quantitative estimate of drug-likeness (QED) is 0.815. The van der Waals surface area contributed by atoms with E-state index in [1.807, 2.05) is 0 Å². The molecule has 23 heavy (non-hydrogen) atoms. The summed E-state index contributed by atoms with van der Waals surface area (Å²) < 4.78 is 54.0. The van der Waals surface area contributed by atoms with Crippen LogP contribution < -0.4 is 10.1 Å². The topological polar surface area (TPSA) is 48.3 Å². The minimum absolute atomic E-state index is 0.160. The van der Waals surface area contributed by atoms with Crippen molar-refractivity contribution in [2.75, 3.05) is 26.2 Å². The largest absolute Gasteiger partial charge is 0.461 e. The Morgan fingerprint density at radius 3 is 2.35 bits per heavy atom. The van der Waals surface area contributed by atoms with Crippen LogP contribution in [0, 0.1) is 11.3 Å². The van der Waals surface area contributed by atoms with Gasteiger partial charge in [0.15, 0.2) is 0 Å². The molecule has 126 valence electrons. The molecule has 1 aromatic rings. The van der Waals surface area contributed by atoms with Gasteiger partial charge < -0.3 is 10.1 Å². The Morgan fingerprint density at radius 1 is 1.22 bits per heavy atom. The van der Waals surface area contributed by atoms with E-state index < -0.39 is 12.5 Å². The number of alkyl halides is 4. The third-order valence-electron chi connectivity index (χ3n) is 3.65. The van der Waals surface area contributed by atoms with Gasteiger partial charge in [0.25, 0.3) is 0 Å². The minimum atomic E-state index is -4.52. The lowest BCUT2D eigenvalue weighted by atomic mass is 10.0. The zero-order valence-corrected chi connectivity index (χ0v) is 12.3. The van der Waals surface area contributed by atoms with Crippen molar-refractivity contribution in [2.24, 2.45) is 0 Å². The molecule has 1 N–H and O–H groups in total. The van der Waals surface area contributed by atoms with E-state index in [2.05, 4.69) is 21.0 Å². The van der Waals surface area contributed by atoms with Crippen molar-refractivity contribution in [1.82, 2.24) is 10.2 Å². The fourth-order valence-corrected chi connectivity index (χ4v) is 2.50. The summed E-state index contributed by atoms with van der Waals surface area (Å²) in [6.07, 6.45) is -8.16. The Labute approximate surface area is 131 Å². The third-order valence-corrected chi connectivity index (χ3v) is 3.65. The second-order valence-corrected chi connectivity index (χ2v) is 5.20. The zero-order valence-electron chi connectivity index (χ0n) is 12.3. The molecule has 1 saturated heterocycles. The maximum atomic E-state index is 12.9. The van der Waals surface area contributed by atoms with Gasteiger partial charge in [-0.2, -0.15) is 22.8 Å². The molecule has 0 saturated carbocycles. The van der Waals surface area contributed by atoms with Gasteiger partial charge in [-0.1, -0.05) is 12.1 Å². The fraction of sp³-hybridized carbons (Fsp3) is 0.533. The molecule has 1 atom stereocenters. The van der Waals surface area contributed by atoms with E-state index in [4.69, 9.17) is 5.26 Å². The van der Waals surface area contributed by atoms with Crippen LogP contribution in [0.15, 0.2) is 24.3 Å². The molecule has 2 rings (SSSR count). The van der Waals surface area contributed by atoms with Crippen LogP contribution in [0.25, 0.3) is 0 Å². The first-order chi connectivity index (χ1) is 10.9. The summed E-state index contributed by atoms with van der Waals surface area (Å²) in [7, 11) is 0. The van der Waals surface area contributed by atoms with Crippen LogP contribution >= 0.6 is 0 Å². The second-order valence-electron chi connectivity index (χ2n) is 5.20. The van der Waals surface area contributed by atoms with Crippen LogP contribution in [-0.2, 0) is 0 Å². The first-order valence-electron chi connectivity index (χ1n) is 7.20. The summed E-state index contributed by atoms with van der Waals surface area (Å²) in [5.74, 6) is -0.338. The van der Waals surface area contributed by atoms with Crippen molar-refractivity contribution in [1.29, 1.82) is 5.26 Å². The number of benzene rings is 1. The number of rotatable bonds is 6. The van der Waals surface area contributed by atoms with E-state index in [0.29, 0.717) is 0 Å². The summed E-state index contributed by atoms with van der Waals surface area (Å²) >= 11 is 0. The highest BCUT2D eigenvalue weighted by molar-refractivity contribution is 5.30. The number of nitriles is 1. The van der Waals surface area contributed by atoms with Crippen LogP contribution in [0.1, 0.15) is 18.0 Å². The number of hydrogen-bond acceptors (Lipinski definition) is 4. The third kappa shape index (κ3) is 4.56. The van der Waals surface area contributed by atoms with Crippen molar-refractivity contribution in [3.05, 3.63) is 29.8 Å². The first kappa shape index (κ1) is 17.5. The Kier molecular flexibility index (Phi) is 5.80. The highest BCUT2D eigenvalue weighted by Crippen LogP contribution is 2.30. The van der Waals surface area contributed by atoms with Gasteiger partial charge in [-0.15, -0.1) is 0 Å². The number of nitrogens with one attached hydrogen (secondary N) is 1. The molecule has 1 aliphatic heterocycles. The number of ether oxygens (including phenoxy) is 1. The van der Waals surface area contributed by atoms with Crippen LogP contribution in [0.2, 0.25) is 0 Å². The molecule has 0 aliphatic carbocycles. The van der Waals surface area contributed by atoms with Crippen molar-refractivity contribution in [2.45, 2.75) is 25.0 Å². The average molecular weight is 331 g/mol. The van der Waals surface area contributed by atoms with Gasteiger partial charge in [-0.05, 0) is 17.7 Å². The molecule has 0 aromatic heterocycles. The molecule has 1 aliphatic rings. The fourth-order valence-electron chi connectivity index (χ4n) is 2.50. The molecule has 8 heteroatoms. The average Bonchev–Trinajstić information content (AvgIpc) is 2.54. The number of piperazine rings is 1. The molecule has 0 unspecified atom stereocenters. The smallest absolute Gasteiger partial charge is 0.428 e. The highest BCUT2D eigenvalue weighted by atomic mass is 19.3. The number of hydrogen-bond donors (Lipinski definition) is 1. The monoisotopic (exact) mass is 331 g/mol. The summed E-state index contributed by atoms with van der Waals surface area (Å²) in [5.41, 5.74) is 0.765. The molecule has 0 amide bonds. The van der Waals surface area contributed by atoms with Crippen LogP contribution in [0.5, 0.6) is 5.75 Å². The lowest BCUT2D eigenvalue weighted by Crippen LogP contribution is -2.45. The van der Waals surface area contributed by atoms with Gasteiger partial charge >= 0.3 is 12.5 Å². The van der Waals surface area contributed by atoms with Crippen LogP contribution in [0.3, 0.4) is 0 Å². The number of nitrogens with zero attached hydrogens (tertiary/aromatic N) is 2. The van der Waals surface area contributed by atoms with E-state index in [-0.39, 0.29) is 18.2 Å². The Hall–Kier alpha value is -1.85. The van der Waals surface area contributed by atoms with E-state index in [9.17, 15) is 17.6 Å². The van der Waals surface area contributed by atoms with Crippen molar-refractivity contribution in [3.63, 3.8) is 0 Å². The number of halogens is 4. The van der Waals surface area contributed by atoms with E-state index in [1.54, 1.807) is 0 Å². The summed E-state index contributed by atoms with van der Waals surface area (Å²) in [5, 5.41) is 12.2. The standard InChI is InChI=1S/C15H17F4N3O/c16-14(17)15(18,19)23-12-3-1-11(2-4-12)13(5-6-20)22-9-7-21-8-10-22/h1-4,13-14,21H,5,7-10H2/t13-/m0/s1. The molecule has 1 heterocycles. The summed E-state index contributed by atoms with van der Waals surface area (Å²) in [4.78, 5) is 2.13. The van der Waals surface area contributed by atoms with Crippen molar-refractivity contribution < 1.29 is 22.3 Å². The van der Waals surface area contributed by atoms with E-state index in [0.717, 1.165) is 31.7 Å².